The van der Waals surface area contributed by atoms with Crippen LogP contribution in [-0.4, -0.2) is 19.3 Å². The largest absolute Gasteiger partial charge is 0.243 e. The van der Waals surface area contributed by atoms with Crippen LogP contribution < -0.4 is 0 Å². The summed E-state index contributed by atoms with van der Waals surface area (Å²) in [6, 6.07) is 7.40. The van der Waals surface area contributed by atoms with Gasteiger partial charge in [-0.25, -0.2) is 8.42 Å². The van der Waals surface area contributed by atoms with E-state index in [4.69, 9.17) is 0 Å². The summed E-state index contributed by atoms with van der Waals surface area (Å²) in [6.07, 6.45) is 0.805. The van der Waals surface area contributed by atoms with Gasteiger partial charge in [0.05, 0.1) is 4.90 Å². The first kappa shape index (κ1) is 14.3. The van der Waals surface area contributed by atoms with Crippen LogP contribution in [0.5, 0.6) is 0 Å². The molecule has 0 amide bonds. The van der Waals surface area contributed by atoms with Crippen LogP contribution >= 0.6 is 27.3 Å². The molecular weight excluding hydrogens is 358 g/mol. The molecule has 1 aromatic heterocycles. The molecule has 0 saturated carbocycles. The summed E-state index contributed by atoms with van der Waals surface area (Å²) in [5.41, 5.74) is 1.92. The topological polar surface area (TPSA) is 37.4 Å². The van der Waals surface area contributed by atoms with E-state index in [0.717, 1.165) is 22.0 Å². The maximum absolute atomic E-state index is 12.8. The minimum Gasteiger partial charge on any atom is -0.207 e. The Hall–Kier alpha value is -0.690. The average molecular weight is 372 g/mol. The van der Waals surface area contributed by atoms with Crippen molar-refractivity contribution in [2.75, 3.05) is 6.54 Å². The zero-order valence-corrected chi connectivity index (χ0v) is 14.2. The van der Waals surface area contributed by atoms with Crippen molar-refractivity contribution in [1.82, 2.24) is 4.31 Å². The molecule has 106 valence electrons. The van der Waals surface area contributed by atoms with Crippen LogP contribution in [0.25, 0.3) is 0 Å². The average Bonchev–Trinajstić information content (AvgIpc) is 2.88. The lowest BCUT2D eigenvalue weighted by Gasteiger charge is -2.27. The van der Waals surface area contributed by atoms with Crippen molar-refractivity contribution in [2.24, 2.45) is 0 Å². The fourth-order valence-corrected chi connectivity index (χ4v) is 5.49. The molecule has 2 aromatic rings. The molecule has 0 saturated heterocycles. The Morgan fingerprint density at radius 2 is 2.10 bits per heavy atom. The third kappa shape index (κ3) is 2.45. The zero-order valence-electron chi connectivity index (χ0n) is 11.0. The van der Waals surface area contributed by atoms with E-state index in [1.165, 1.54) is 4.88 Å². The molecule has 1 aliphatic rings. The quantitative estimate of drug-likeness (QED) is 0.808. The molecule has 0 unspecified atom stereocenters. The van der Waals surface area contributed by atoms with Gasteiger partial charge in [-0.2, -0.15) is 4.31 Å². The van der Waals surface area contributed by atoms with E-state index in [0.29, 0.717) is 18.0 Å². The second kappa shape index (κ2) is 5.26. The summed E-state index contributed by atoms with van der Waals surface area (Å²) in [6.45, 7) is 2.87. The third-order valence-corrected chi connectivity index (χ3v) is 7.04. The third-order valence-electron chi connectivity index (χ3n) is 3.54. The first-order valence-corrected chi connectivity index (χ1v) is 9.41. The Bertz CT molecular complexity index is 752. The first-order valence-electron chi connectivity index (χ1n) is 6.30. The summed E-state index contributed by atoms with van der Waals surface area (Å²) in [4.78, 5) is 1.70. The molecule has 1 aromatic carbocycles. The summed E-state index contributed by atoms with van der Waals surface area (Å²) in [5, 5.41) is 2.03. The molecule has 3 rings (SSSR count). The van der Waals surface area contributed by atoms with Gasteiger partial charge >= 0.3 is 0 Å². The van der Waals surface area contributed by atoms with Crippen molar-refractivity contribution in [3.8, 4) is 0 Å². The number of thiophene rings is 1. The van der Waals surface area contributed by atoms with Gasteiger partial charge in [-0.15, -0.1) is 11.3 Å². The van der Waals surface area contributed by atoms with Crippen LogP contribution in [0.15, 0.2) is 39.0 Å². The van der Waals surface area contributed by atoms with Crippen molar-refractivity contribution in [3.63, 3.8) is 0 Å². The van der Waals surface area contributed by atoms with Crippen molar-refractivity contribution in [1.29, 1.82) is 0 Å². The molecule has 0 aliphatic carbocycles. The molecule has 0 N–H and O–H groups in total. The molecule has 0 fully saturated rings. The lowest BCUT2D eigenvalue weighted by atomic mass is 10.1. The van der Waals surface area contributed by atoms with Crippen LogP contribution in [0.3, 0.4) is 0 Å². The smallest absolute Gasteiger partial charge is 0.207 e. The minimum absolute atomic E-state index is 0.394. The normalized spacial score (nSPS) is 16.1. The number of fused-ring (bicyclic) bond motifs is 1. The van der Waals surface area contributed by atoms with Crippen LogP contribution in [0.4, 0.5) is 0 Å². The number of nitrogens with zero attached hydrogens (tertiary/aromatic N) is 1. The summed E-state index contributed by atoms with van der Waals surface area (Å²) >= 11 is 5.06. The Balaban J connectivity index is 1.99. The highest BCUT2D eigenvalue weighted by Crippen LogP contribution is 2.30. The van der Waals surface area contributed by atoms with Gasteiger partial charge in [0.25, 0.3) is 0 Å². The van der Waals surface area contributed by atoms with Crippen molar-refractivity contribution in [2.45, 2.75) is 24.8 Å². The van der Waals surface area contributed by atoms with E-state index in [9.17, 15) is 8.42 Å². The molecule has 20 heavy (non-hydrogen) atoms. The summed E-state index contributed by atoms with van der Waals surface area (Å²) in [7, 11) is -3.43. The highest BCUT2D eigenvalue weighted by atomic mass is 79.9. The zero-order chi connectivity index (χ0) is 14.3. The number of aryl methyl sites for hydroxylation is 1. The van der Waals surface area contributed by atoms with Gasteiger partial charge in [0.15, 0.2) is 0 Å². The van der Waals surface area contributed by atoms with E-state index in [2.05, 4.69) is 15.9 Å². The number of hydrogen-bond donors (Lipinski definition) is 0. The molecule has 0 bridgehead atoms. The van der Waals surface area contributed by atoms with Crippen molar-refractivity contribution in [3.05, 3.63) is 50.1 Å². The fraction of sp³-hybridized carbons (Fsp3) is 0.286. The molecule has 3 nitrogen and oxygen atoms in total. The standard InChI is InChI=1S/C14H14BrNO2S2/c1-10-2-3-12(15)8-14(10)20(17,18)16-6-4-13-11(9-16)5-7-19-13/h2-3,5,7-8H,4,6,9H2,1H3. The van der Waals surface area contributed by atoms with Crippen molar-refractivity contribution < 1.29 is 8.42 Å². The maximum atomic E-state index is 12.8. The van der Waals surface area contributed by atoms with Gasteiger partial charge in [0.2, 0.25) is 10.0 Å². The molecule has 6 heteroatoms. The van der Waals surface area contributed by atoms with E-state index in [-0.39, 0.29) is 0 Å². The Labute approximate surface area is 131 Å². The minimum atomic E-state index is -3.43. The Morgan fingerprint density at radius 3 is 2.90 bits per heavy atom. The van der Waals surface area contributed by atoms with Crippen LogP contribution in [0.1, 0.15) is 16.0 Å². The number of rotatable bonds is 2. The van der Waals surface area contributed by atoms with E-state index < -0.39 is 10.0 Å². The van der Waals surface area contributed by atoms with Gasteiger partial charge in [-0.1, -0.05) is 22.0 Å². The van der Waals surface area contributed by atoms with Gasteiger partial charge in [0.1, 0.15) is 0 Å². The van der Waals surface area contributed by atoms with Crippen LogP contribution in [-0.2, 0) is 23.0 Å². The number of benzene rings is 1. The Morgan fingerprint density at radius 1 is 1.30 bits per heavy atom. The van der Waals surface area contributed by atoms with Crippen LogP contribution in [0.2, 0.25) is 0 Å². The summed E-state index contributed by atoms with van der Waals surface area (Å²) in [5.74, 6) is 0. The lowest BCUT2D eigenvalue weighted by Crippen LogP contribution is -2.35. The second-order valence-electron chi connectivity index (χ2n) is 4.87. The maximum Gasteiger partial charge on any atom is 0.243 e. The lowest BCUT2D eigenvalue weighted by molar-refractivity contribution is 0.394. The molecule has 1 aliphatic heterocycles. The number of halogens is 1. The predicted molar refractivity (Wildman–Crippen MR) is 84.5 cm³/mol. The van der Waals surface area contributed by atoms with Crippen molar-refractivity contribution >= 4 is 37.3 Å². The summed E-state index contributed by atoms with van der Waals surface area (Å²) < 4.78 is 28.0. The monoisotopic (exact) mass is 371 g/mol. The molecule has 0 radical (unpaired) electrons. The highest BCUT2D eigenvalue weighted by molar-refractivity contribution is 9.10. The van der Waals surface area contributed by atoms with Gasteiger partial charge in [-0.3, -0.25) is 0 Å². The second-order valence-corrected chi connectivity index (χ2v) is 8.69. The van der Waals surface area contributed by atoms with Gasteiger partial charge in [-0.05, 0) is 48.1 Å². The Kier molecular flexibility index (Phi) is 3.75. The molecular formula is C14H14BrNO2S2. The SMILES string of the molecule is Cc1ccc(Br)cc1S(=O)(=O)N1CCc2sccc2C1. The fourth-order valence-electron chi connectivity index (χ4n) is 2.42. The number of hydrogen-bond acceptors (Lipinski definition) is 3. The van der Waals surface area contributed by atoms with E-state index in [1.807, 2.05) is 30.5 Å². The van der Waals surface area contributed by atoms with E-state index >= 15 is 0 Å². The van der Waals surface area contributed by atoms with Gasteiger partial charge in [0, 0.05) is 22.4 Å². The molecule has 0 atom stereocenters. The van der Waals surface area contributed by atoms with E-state index in [1.54, 1.807) is 21.7 Å². The predicted octanol–water partition coefficient (Wildman–Crippen LogP) is 3.57. The highest BCUT2D eigenvalue weighted by Gasteiger charge is 2.29. The van der Waals surface area contributed by atoms with Gasteiger partial charge < -0.3 is 0 Å². The van der Waals surface area contributed by atoms with Crippen LogP contribution in [0, 0.1) is 6.92 Å². The molecule has 2 heterocycles. The first-order chi connectivity index (χ1) is 9.48. The molecule has 0 spiro atoms. The number of sulfonamides is 1.